The first-order valence-electron chi connectivity index (χ1n) is 7.60. The third-order valence-electron chi connectivity index (χ3n) is 4.19. The molecule has 0 amide bonds. The summed E-state index contributed by atoms with van der Waals surface area (Å²) in [5.74, 6) is 2.99. The normalized spacial score (nSPS) is 18.7. The Hall–Kier alpha value is -0.0400. The van der Waals surface area contributed by atoms with Crippen molar-refractivity contribution in [2.24, 2.45) is 23.7 Å². The number of ether oxygens (including phenoxy) is 1. The minimum absolute atomic E-state index is 0.698. The van der Waals surface area contributed by atoms with Crippen molar-refractivity contribution >= 4 is 0 Å². The third-order valence-corrected chi connectivity index (χ3v) is 4.19. The van der Waals surface area contributed by atoms with Gasteiger partial charge in [0.15, 0.2) is 0 Å². The maximum atomic E-state index is 5.89. The Labute approximate surface area is 109 Å². The molecule has 0 saturated heterocycles. The zero-order chi connectivity index (χ0) is 13.3. The summed E-state index contributed by atoms with van der Waals surface area (Å²) in [4.78, 5) is 0. The summed E-state index contributed by atoms with van der Waals surface area (Å²) in [6, 6.07) is 0. The summed E-state index contributed by atoms with van der Waals surface area (Å²) < 4.78 is 5.89. The summed E-state index contributed by atoms with van der Waals surface area (Å²) in [5, 5.41) is 0. The first-order valence-corrected chi connectivity index (χ1v) is 7.60. The topological polar surface area (TPSA) is 9.23 Å². The summed E-state index contributed by atoms with van der Waals surface area (Å²) in [5.41, 5.74) is 0. The molecule has 17 heavy (non-hydrogen) atoms. The van der Waals surface area contributed by atoms with Gasteiger partial charge < -0.3 is 4.74 Å². The van der Waals surface area contributed by atoms with Crippen LogP contribution in [-0.4, -0.2) is 13.2 Å². The van der Waals surface area contributed by atoms with Crippen molar-refractivity contribution in [2.75, 3.05) is 13.2 Å². The molecule has 4 atom stereocenters. The lowest BCUT2D eigenvalue weighted by atomic mass is 9.91. The molecule has 0 aromatic rings. The van der Waals surface area contributed by atoms with Crippen LogP contribution in [0, 0.1) is 23.7 Å². The molecule has 0 aliphatic heterocycles. The molecular weight excluding hydrogens is 208 g/mol. The number of hydrogen-bond donors (Lipinski definition) is 0. The van der Waals surface area contributed by atoms with E-state index in [2.05, 4.69) is 41.5 Å². The third kappa shape index (κ3) is 7.81. The Morgan fingerprint density at radius 2 is 1.00 bits per heavy atom. The molecular formula is C16H34O. The van der Waals surface area contributed by atoms with Crippen molar-refractivity contribution in [2.45, 2.75) is 67.2 Å². The Bertz CT molecular complexity index is 149. The minimum atomic E-state index is 0.698. The molecule has 0 aromatic carbocycles. The smallest absolute Gasteiger partial charge is 0.0494 e. The van der Waals surface area contributed by atoms with Crippen LogP contribution < -0.4 is 0 Å². The summed E-state index contributed by atoms with van der Waals surface area (Å²) >= 11 is 0. The van der Waals surface area contributed by atoms with E-state index in [-0.39, 0.29) is 0 Å². The van der Waals surface area contributed by atoms with Crippen LogP contribution >= 0.6 is 0 Å². The molecule has 0 rings (SSSR count). The lowest BCUT2D eigenvalue weighted by Crippen LogP contribution is -2.20. The first-order chi connectivity index (χ1) is 8.02. The molecule has 1 nitrogen and oxygen atoms in total. The van der Waals surface area contributed by atoms with Crippen molar-refractivity contribution in [3.05, 3.63) is 0 Å². The second kappa shape index (κ2) is 9.94. The number of rotatable bonds is 10. The van der Waals surface area contributed by atoms with Crippen LogP contribution in [-0.2, 0) is 4.74 Å². The average molecular weight is 242 g/mol. The van der Waals surface area contributed by atoms with Gasteiger partial charge in [-0.2, -0.15) is 0 Å². The molecule has 4 unspecified atom stereocenters. The highest BCUT2D eigenvalue weighted by Gasteiger charge is 2.14. The van der Waals surface area contributed by atoms with Gasteiger partial charge in [0.25, 0.3) is 0 Å². The van der Waals surface area contributed by atoms with E-state index in [1.807, 2.05) is 0 Å². The Balaban J connectivity index is 3.68. The average Bonchev–Trinajstić information content (AvgIpc) is 2.29. The molecule has 0 spiro atoms. The van der Waals surface area contributed by atoms with Gasteiger partial charge in [-0.05, 0) is 23.7 Å². The molecule has 0 heterocycles. The van der Waals surface area contributed by atoms with E-state index < -0.39 is 0 Å². The first kappa shape index (κ1) is 17.0. The van der Waals surface area contributed by atoms with Crippen molar-refractivity contribution in [1.82, 2.24) is 0 Å². The second-order valence-corrected chi connectivity index (χ2v) is 6.02. The highest BCUT2D eigenvalue weighted by atomic mass is 16.5. The van der Waals surface area contributed by atoms with Crippen LogP contribution in [0.25, 0.3) is 0 Å². The van der Waals surface area contributed by atoms with Gasteiger partial charge in [0.05, 0.1) is 0 Å². The highest BCUT2D eigenvalue weighted by molar-refractivity contribution is 4.63. The minimum Gasteiger partial charge on any atom is -0.381 e. The molecule has 0 bridgehead atoms. The second-order valence-electron chi connectivity index (χ2n) is 6.02. The quantitative estimate of drug-likeness (QED) is 0.515. The van der Waals surface area contributed by atoms with Crippen molar-refractivity contribution in [1.29, 1.82) is 0 Å². The van der Waals surface area contributed by atoms with Gasteiger partial charge >= 0.3 is 0 Å². The Kier molecular flexibility index (Phi) is 9.91. The maximum absolute atomic E-state index is 5.89. The van der Waals surface area contributed by atoms with E-state index in [0.717, 1.165) is 25.0 Å². The fraction of sp³-hybridized carbons (Fsp3) is 1.00. The molecule has 0 aliphatic rings. The Morgan fingerprint density at radius 1 is 0.647 bits per heavy atom. The lowest BCUT2D eigenvalue weighted by Gasteiger charge is -2.23. The van der Waals surface area contributed by atoms with Crippen molar-refractivity contribution < 1.29 is 4.74 Å². The zero-order valence-corrected chi connectivity index (χ0v) is 13.0. The van der Waals surface area contributed by atoms with Gasteiger partial charge in [-0.1, -0.05) is 67.2 Å². The zero-order valence-electron chi connectivity index (χ0n) is 13.0. The SMILES string of the molecule is CCCC(C)C(C)COCC(C)C(C)CCC. The fourth-order valence-electron chi connectivity index (χ4n) is 2.25. The highest BCUT2D eigenvalue weighted by Crippen LogP contribution is 2.19. The molecule has 0 aliphatic carbocycles. The molecule has 104 valence electrons. The standard InChI is InChI=1S/C16H34O/c1-7-9-13(3)15(5)11-17-12-16(6)14(4)10-8-2/h13-16H,7-12H2,1-6H3. The predicted molar refractivity (Wildman–Crippen MR) is 77.3 cm³/mol. The summed E-state index contributed by atoms with van der Waals surface area (Å²) in [7, 11) is 0. The van der Waals surface area contributed by atoms with Crippen molar-refractivity contribution in [3.63, 3.8) is 0 Å². The molecule has 1 heteroatoms. The van der Waals surface area contributed by atoms with E-state index >= 15 is 0 Å². The Morgan fingerprint density at radius 3 is 1.29 bits per heavy atom. The fourth-order valence-corrected chi connectivity index (χ4v) is 2.25. The van der Waals surface area contributed by atoms with E-state index in [1.54, 1.807) is 0 Å². The molecule has 0 fully saturated rings. The summed E-state index contributed by atoms with van der Waals surface area (Å²) in [6.07, 6.45) is 5.23. The van der Waals surface area contributed by atoms with Crippen LogP contribution in [0.5, 0.6) is 0 Å². The van der Waals surface area contributed by atoms with E-state index in [9.17, 15) is 0 Å². The number of hydrogen-bond acceptors (Lipinski definition) is 1. The van der Waals surface area contributed by atoms with Crippen molar-refractivity contribution in [3.8, 4) is 0 Å². The van der Waals surface area contributed by atoms with Crippen LogP contribution in [0.2, 0.25) is 0 Å². The summed E-state index contributed by atoms with van der Waals surface area (Å²) in [6.45, 7) is 15.7. The van der Waals surface area contributed by atoms with Crippen LogP contribution in [0.15, 0.2) is 0 Å². The van der Waals surface area contributed by atoms with Crippen LogP contribution in [0.4, 0.5) is 0 Å². The van der Waals surface area contributed by atoms with Gasteiger partial charge in [-0.25, -0.2) is 0 Å². The molecule has 0 saturated carbocycles. The predicted octanol–water partition coefficient (Wildman–Crippen LogP) is 5.15. The van der Waals surface area contributed by atoms with Gasteiger partial charge in [-0.3, -0.25) is 0 Å². The van der Waals surface area contributed by atoms with Gasteiger partial charge in [0.2, 0.25) is 0 Å². The molecule has 0 radical (unpaired) electrons. The lowest BCUT2D eigenvalue weighted by molar-refractivity contribution is 0.0502. The van der Waals surface area contributed by atoms with E-state index in [4.69, 9.17) is 4.74 Å². The van der Waals surface area contributed by atoms with Gasteiger partial charge in [0.1, 0.15) is 0 Å². The monoisotopic (exact) mass is 242 g/mol. The van der Waals surface area contributed by atoms with Gasteiger partial charge in [-0.15, -0.1) is 0 Å². The largest absolute Gasteiger partial charge is 0.381 e. The molecule has 0 aromatic heterocycles. The molecule has 0 N–H and O–H groups in total. The van der Waals surface area contributed by atoms with E-state index in [0.29, 0.717) is 11.8 Å². The van der Waals surface area contributed by atoms with Crippen LogP contribution in [0.1, 0.15) is 67.2 Å². The maximum Gasteiger partial charge on any atom is 0.0494 e. The van der Waals surface area contributed by atoms with Gasteiger partial charge in [0, 0.05) is 13.2 Å². The van der Waals surface area contributed by atoms with Crippen LogP contribution in [0.3, 0.4) is 0 Å². The van der Waals surface area contributed by atoms with E-state index in [1.165, 1.54) is 25.7 Å².